The Labute approximate surface area is 149 Å². The fourth-order valence-electron chi connectivity index (χ4n) is 3.75. The van der Waals surface area contributed by atoms with E-state index in [0.29, 0.717) is 36.7 Å². The van der Waals surface area contributed by atoms with Crippen LogP contribution in [0.1, 0.15) is 18.0 Å². The van der Waals surface area contributed by atoms with E-state index >= 15 is 0 Å². The highest BCUT2D eigenvalue weighted by Crippen LogP contribution is 2.30. The first-order valence-corrected chi connectivity index (χ1v) is 8.77. The maximum Gasteiger partial charge on any atom is 0.180 e. The van der Waals surface area contributed by atoms with Gasteiger partial charge in [-0.15, -0.1) is 0 Å². The Bertz CT molecular complexity index is 1100. The van der Waals surface area contributed by atoms with Gasteiger partial charge in [-0.25, -0.2) is 14.4 Å². The second kappa shape index (κ2) is 5.81. The molecule has 0 unspecified atom stereocenters. The van der Waals surface area contributed by atoms with E-state index in [2.05, 4.69) is 20.3 Å². The van der Waals surface area contributed by atoms with Crippen molar-refractivity contribution in [2.75, 3.05) is 18.8 Å². The lowest BCUT2D eigenvalue weighted by atomic mass is 9.95. The van der Waals surface area contributed by atoms with E-state index in [1.165, 1.54) is 0 Å². The summed E-state index contributed by atoms with van der Waals surface area (Å²) in [7, 11) is 0. The van der Waals surface area contributed by atoms with E-state index in [4.69, 9.17) is 5.73 Å². The number of H-pyrrole nitrogens is 1. The molecule has 0 spiro atoms. The smallest absolute Gasteiger partial charge is 0.180 e. The van der Waals surface area contributed by atoms with Crippen LogP contribution in [0, 0.1) is 0 Å². The maximum atomic E-state index is 14.3. The van der Waals surface area contributed by atoms with Crippen molar-refractivity contribution in [3.8, 4) is 11.3 Å². The molecule has 6 nitrogen and oxygen atoms in total. The van der Waals surface area contributed by atoms with Crippen LogP contribution in [0.5, 0.6) is 0 Å². The van der Waals surface area contributed by atoms with Crippen LogP contribution in [0.25, 0.3) is 27.8 Å². The largest absolute Gasteiger partial charge is 0.381 e. The summed E-state index contributed by atoms with van der Waals surface area (Å²) in [6.45, 7) is 1.30. The highest BCUT2D eigenvalue weighted by molar-refractivity contribution is 5.94. The number of nitrogen functional groups attached to an aromatic ring is 1. The van der Waals surface area contributed by atoms with Crippen molar-refractivity contribution in [1.29, 1.82) is 0 Å². The van der Waals surface area contributed by atoms with Crippen LogP contribution >= 0.6 is 0 Å². The number of para-hydroxylation sites is 1. The number of aromatic nitrogens is 4. The van der Waals surface area contributed by atoms with Gasteiger partial charge < -0.3 is 20.4 Å². The van der Waals surface area contributed by atoms with Gasteiger partial charge in [-0.2, -0.15) is 0 Å². The first-order valence-electron chi connectivity index (χ1n) is 8.77. The lowest BCUT2D eigenvalue weighted by Crippen LogP contribution is -2.36. The number of halogens is 1. The number of nitrogens with two attached hydrogens (primary N) is 1. The lowest BCUT2D eigenvalue weighted by molar-refractivity contribution is 0.225. The van der Waals surface area contributed by atoms with E-state index in [-0.39, 0.29) is 5.92 Å². The molecule has 0 saturated carbocycles. The standard InChI is InChI=1S/C19H19FN6/c20-14-5-6-22-7-13(14)17-10-26-9-16(24-18(21)19(26)25-17)12-8-23-15-4-2-1-3-11(12)15/h1-4,8-10,13-14,22-23H,5-7H2,(H2,21,24)/t13-,14-/m1/s1. The molecule has 132 valence electrons. The summed E-state index contributed by atoms with van der Waals surface area (Å²) >= 11 is 0. The highest BCUT2D eigenvalue weighted by atomic mass is 19.1. The number of nitrogens with one attached hydrogen (secondary N) is 2. The summed E-state index contributed by atoms with van der Waals surface area (Å²) in [5.74, 6) is 0.0952. The maximum absolute atomic E-state index is 14.3. The molecule has 0 bridgehead atoms. The average Bonchev–Trinajstić information content (AvgIpc) is 3.26. The third-order valence-corrected chi connectivity index (χ3v) is 5.13. The predicted octanol–water partition coefficient (Wildman–Crippen LogP) is 2.87. The van der Waals surface area contributed by atoms with Crippen LogP contribution in [0.2, 0.25) is 0 Å². The minimum absolute atomic E-state index is 0.250. The molecular formula is C19H19FN6. The topological polar surface area (TPSA) is 84.0 Å². The van der Waals surface area contributed by atoms with Gasteiger partial charge in [-0.05, 0) is 19.0 Å². The highest BCUT2D eigenvalue weighted by Gasteiger charge is 2.28. The molecule has 0 amide bonds. The van der Waals surface area contributed by atoms with Crippen LogP contribution in [-0.2, 0) is 0 Å². The van der Waals surface area contributed by atoms with Crippen molar-refractivity contribution in [2.45, 2.75) is 18.5 Å². The third kappa shape index (κ3) is 2.35. The van der Waals surface area contributed by atoms with Crippen LogP contribution in [0.15, 0.2) is 42.9 Å². The lowest BCUT2D eigenvalue weighted by Gasteiger charge is -2.25. The zero-order chi connectivity index (χ0) is 17.7. The molecule has 1 aliphatic heterocycles. The number of nitrogens with zero attached hydrogens (tertiary/aromatic N) is 3. The average molecular weight is 350 g/mol. The summed E-state index contributed by atoms with van der Waals surface area (Å²) in [5.41, 5.74) is 10.2. The number of aromatic amines is 1. The Morgan fingerprint density at radius 1 is 1.19 bits per heavy atom. The van der Waals surface area contributed by atoms with Gasteiger partial charge in [0.2, 0.25) is 0 Å². The Hall–Kier alpha value is -2.93. The Balaban J connectivity index is 1.62. The molecule has 1 aliphatic rings. The van der Waals surface area contributed by atoms with Gasteiger partial charge in [0.1, 0.15) is 6.17 Å². The number of fused-ring (bicyclic) bond motifs is 2. The number of hydrogen-bond donors (Lipinski definition) is 3. The van der Waals surface area contributed by atoms with Gasteiger partial charge in [0.05, 0.1) is 11.4 Å². The van der Waals surface area contributed by atoms with Crippen LogP contribution in [-0.4, -0.2) is 38.6 Å². The van der Waals surface area contributed by atoms with Gasteiger partial charge in [-0.1, -0.05) is 18.2 Å². The molecule has 4 aromatic rings. The molecule has 7 heteroatoms. The van der Waals surface area contributed by atoms with Gasteiger partial charge in [0, 0.05) is 47.5 Å². The first kappa shape index (κ1) is 15.3. The number of imidazole rings is 1. The first-order chi connectivity index (χ1) is 12.7. The minimum Gasteiger partial charge on any atom is -0.381 e. The molecule has 3 aromatic heterocycles. The number of anilines is 1. The third-order valence-electron chi connectivity index (χ3n) is 5.13. The Morgan fingerprint density at radius 2 is 2.08 bits per heavy atom. The van der Waals surface area contributed by atoms with Crippen LogP contribution < -0.4 is 11.1 Å². The van der Waals surface area contributed by atoms with Crippen molar-refractivity contribution >= 4 is 22.4 Å². The molecule has 1 aromatic carbocycles. The van der Waals surface area contributed by atoms with E-state index in [0.717, 1.165) is 22.2 Å². The molecule has 4 N–H and O–H groups in total. The quantitative estimate of drug-likeness (QED) is 0.519. The molecule has 2 atom stereocenters. The molecule has 0 aliphatic carbocycles. The van der Waals surface area contributed by atoms with Crippen molar-refractivity contribution in [3.63, 3.8) is 0 Å². The second-order valence-electron chi connectivity index (χ2n) is 6.77. The summed E-state index contributed by atoms with van der Waals surface area (Å²) in [6.07, 6.45) is 5.33. The molecule has 1 fully saturated rings. The van der Waals surface area contributed by atoms with Crippen molar-refractivity contribution in [3.05, 3.63) is 48.5 Å². The van der Waals surface area contributed by atoms with E-state index < -0.39 is 6.17 Å². The van der Waals surface area contributed by atoms with E-state index in [9.17, 15) is 4.39 Å². The fraction of sp³-hybridized carbons (Fsp3) is 0.263. The Morgan fingerprint density at radius 3 is 2.96 bits per heavy atom. The summed E-state index contributed by atoms with van der Waals surface area (Å²) < 4.78 is 16.2. The molecule has 5 rings (SSSR count). The van der Waals surface area contributed by atoms with Crippen molar-refractivity contribution in [2.24, 2.45) is 0 Å². The van der Waals surface area contributed by atoms with E-state index in [1.807, 2.05) is 47.3 Å². The minimum atomic E-state index is -0.886. The summed E-state index contributed by atoms with van der Waals surface area (Å²) in [6, 6.07) is 8.05. The van der Waals surface area contributed by atoms with Crippen LogP contribution in [0.4, 0.5) is 10.2 Å². The number of hydrogen-bond acceptors (Lipinski definition) is 4. The van der Waals surface area contributed by atoms with Crippen molar-refractivity contribution < 1.29 is 4.39 Å². The molecular weight excluding hydrogens is 331 g/mol. The van der Waals surface area contributed by atoms with Crippen LogP contribution in [0.3, 0.4) is 0 Å². The second-order valence-corrected chi connectivity index (χ2v) is 6.77. The normalized spacial score (nSPS) is 20.8. The molecule has 0 radical (unpaired) electrons. The molecule has 4 heterocycles. The van der Waals surface area contributed by atoms with Crippen molar-refractivity contribution in [1.82, 2.24) is 24.7 Å². The SMILES string of the molecule is Nc1nc(-c2c[nH]c3ccccc23)cn2cc([C@@H]3CNCC[C@H]3F)nc12. The zero-order valence-corrected chi connectivity index (χ0v) is 14.1. The van der Waals surface area contributed by atoms with Gasteiger partial charge in [0.15, 0.2) is 11.5 Å². The fourth-order valence-corrected chi connectivity index (χ4v) is 3.75. The van der Waals surface area contributed by atoms with Gasteiger partial charge >= 0.3 is 0 Å². The number of piperidine rings is 1. The number of benzene rings is 1. The summed E-state index contributed by atoms with van der Waals surface area (Å²) in [5, 5.41) is 4.32. The van der Waals surface area contributed by atoms with Gasteiger partial charge in [0.25, 0.3) is 0 Å². The van der Waals surface area contributed by atoms with E-state index in [1.54, 1.807) is 0 Å². The zero-order valence-electron chi connectivity index (χ0n) is 14.1. The Kier molecular flexibility index (Phi) is 3.43. The molecule has 26 heavy (non-hydrogen) atoms. The predicted molar refractivity (Wildman–Crippen MR) is 99.8 cm³/mol. The summed E-state index contributed by atoms with van der Waals surface area (Å²) in [4.78, 5) is 12.3. The van der Waals surface area contributed by atoms with Gasteiger partial charge in [-0.3, -0.25) is 0 Å². The number of rotatable bonds is 2. The molecule has 1 saturated heterocycles. The number of alkyl halides is 1. The monoisotopic (exact) mass is 350 g/mol.